The standard InChI is InChI=1S/C61H39N5O2S/c1-4-14-36(15-5-1)59-62-60(37-16-6-2-7-17-37)64-61(63-59)66-50-29-25-39(35-48(50)58-56(66)44-21-11-13-23-52(44)68-58)41-27-31-54-46(33-41)45-32-40(26-30-53(45)69-54)38-24-28-49-47(34-38)57-55(43-20-10-12-22-51(43)67-57)65(49)42-18-8-3-9-19-42/h1-35,55-58H. The summed E-state index contributed by atoms with van der Waals surface area (Å²) in [6.45, 7) is 0. The van der Waals surface area contributed by atoms with Crippen LogP contribution >= 0.6 is 11.3 Å². The van der Waals surface area contributed by atoms with Crippen LogP contribution in [0.5, 0.6) is 11.5 Å². The average Bonchev–Trinajstić information content (AvgIpc) is 4.23. The predicted octanol–water partition coefficient (Wildman–Crippen LogP) is 15.6. The maximum Gasteiger partial charge on any atom is 0.234 e. The van der Waals surface area contributed by atoms with Crippen molar-refractivity contribution in [1.82, 2.24) is 15.0 Å². The number of hydrogen-bond donors (Lipinski definition) is 0. The maximum absolute atomic E-state index is 6.87. The van der Waals surface area contributed by atoms with E-state index in [9.17, 15) is 0 Å². The third kappa shape index (κ3) is 5.95. The zero-order valence-electron chi connectivity index (χ0n) is 37.0. The molecule has 0 aliphatic carbocycles. The number of hydrogen-bond acceptors (Lipinski definition) is 8. The van der Waals surface area contributed by atoms with Gasteiger partial charge in [0.25, 0.3) is 0 Å². The number of anilines is 4. The van der Waals surface area contributed by atoms with Gasteiger partial charge in [-0.2, -0.15) is 9.97 Å². The summed E-state index contributed by atoms with van der Waals surface area (Å²) >= 11 is 1.84. The van der Waals surface area contributed by atoms with Gasteiger partial charge < -0.3 is 14.4 Å². The molecule has 11 aromatic rings. The lowest BCUT2D eigenvalue weighted by atomic mass is 9.96. The number of benzene rings is 9. The Kier molecular flexibility index (Phi) is 8.35. The third-order valence-corrected chi connectivity index (χ3v) is 15.5. The predicted molar refractivity (Wildman–Crippen MR) is 277 cm³/mol. The SMILES string of the molecule is c1ccc(-c2nc(-c3ccccc3)nc(N3c4ccc(-c5ccc6sc7ccc(-c8ccc9c(c8)C8Oc%10ccccc%10C8N9c8ccccc8)cc7c6c5)cc4C4Oc5ccccc5C43)n2)cc1. The summed E-state index contributed by atoms with van der Waals surface area (Å²) in [7, 11) is 0. The number of para-hydroxylation sites is 3. The summed E-state index contributed by atoms with van der Waals surface area (Å²) in [5, 5.41) is 2.50. The molecule has 0 spiro atoms. The molecule has 326 valence electrons. The molecule has 9 aromatic carbocycles. The lowest BCUT2D eigenvalue weighted by Crippen LogP contribution is -2.23. The van der Waals surface area contributed by atoms with E-state index in [0.29, 0.717) is 17.6 Å². The molecule has 6 heterocycles. The number of nitrogens with zero attached hydrogens (tertiary/aromatic N) is 5. The van der Waals surface area contributed by atoms with Crippen LogP contribution in [0.1, 0.15) is 46.5 Å². The van der Waals surface area contributed by atoms with Crippen molar-refractivity contribution < 1.29 is 9.47 Å². The van der Waals surface area contributed by atoms with Crippen LogP contribution in [0.15, 0.2) is 212 Å². The van der Waals surface area contributed by atoms with E-state index in [2.05, 4.69) is 180 Å². The highest BCUT2D eigenvalue weighted by atomic mass is 32.1. The molecule has 8 heteroatoms. The fraction of sp³-hybridized carbons (Fsp3) is 0.0656. The van der Waals surface area contributed by atoms with Gasteiger partial charge in [-0.25, -0.2) is 4.98 Å². The molecule has 4 aliphatic heterocycles. The Bertz CT molecular complexity index is 3800. The van der Waals surface area contributed by atoms with E-state index in [1.54, 1.807) is 0 Å². The topological polar surface area (TPSA) is 63.6 Å². The van der Waals surface area contributed by atoms with Crippen molar-refractivity contribution in [3.63, 3.8) is 0 Å². The average molecular weight is 906 g/mol. The number of rotatable bonds is 6. The van der Waals surface area contributed by atoms with Crippen LogP contribution in [0.2, 0.25) is 0 Å². The smallest absolute Gasteiger partial charge is 0.234 e. The summed E-state index contributed by atoms with van der Waals surface area (Å²) < 4.78 is 16.2. The van der Waals surface area contributed by atoms with Crippen LogP contribution in [0, 0.1) is 0 Å². The van der Waals surface area contributed by atoms with Gasteiger partial charge in [0.15, 0.2) is 23.9 Å². The van der Waals surface area contributed by atoms with Crippen molar-refractivity contribution in [2.24, 2.45) is 0 Å². The molecule has 69 heavy (non-hydrogen) atoms. The second-order valence-electron chi connectivity index (χ2n) is 18.2. The molecule has 4 unspecified atom stereocenters. The van der Waals surface area contributed by atoms with E-state index in [4.69, 9.17) is 24.4 Å². The Balaban J connectivity index is 0.820. The molecular formula is C61H39N5O2S. The zero-order chi connectivity index (χ0) is 45.2. The molecule has 0 radical (unpaired) electrons. The van der Waals surface area contributed by atoms with Crippen molar-refractivity contribution in [2.45, 2.75) is 24.3 Å². The van der Waals surface area contributed by atoms with Crippen LogP contribution in [0.4, 0.5) is 23.0 Å². The molecular weight excluding hydrogens is 867 g/mol. The summed E-state index contributed by atoms with van der Waals surface area (Å²) in [6, 6.07) is 75.3. The van der Waals surface area contributed by atoms with Gasteiger partial charge in [0.05, 0.1) is 5.69 Å². The largest absolute Gasteiger partial charge is 0.483 e. The van der Waals surface area contributed by atoms with Crippen LogP contribution in [0.25, 0.3) is 65.2 Å². The lowest BCUT2D eigenvalue weighted by molar-refractivity contribution is 0.223. The minimum absolute atomic E-state index is 0.0725. The van der Waals surface area contributed by atoms with E-state index < -0.39 is 0 Å². The Morgan fingerprint density at radius 1 is 0.362 bits per heavy atom. The van der Waals surface area contributed by atoms with E-state index in [-0.39, 0.29) is 24.3 Å². The summed E-state index contributed by atoms with van der Waals surface area (Å²) in [4.78, 5) is 20.1. The zero-order valence-corrected chi connectivity index (χ0v) is 37.8. The molecule has 0 N–H and O–H groups in total. The van der Waals surface area contributed by atoms with Crippen LogP contribution < -0.4 is 19.3 Å². The van der Waals surface area contributed by atoms with E-state index in [1.807, 2.05) is 53.8 Å². The second-order valence-corrected chi connectivity index (χ2v) is 19.3. The number of aromatic nitrogens is 3. The first-order valence-corrected chi connectivity index (χ1v) is 24.3. The highest BCUT2D eigenvalue weighted by Crippen LogP contribution is 2.60. The second kappa shape index (κ2) is 15.0. The minimum atomic E-state index is -0.256. The van der Waals surface area contributed by atoms with Gasteiger partial charge in [0, 0.05) is 64.9 Å². The normalized spacial score (nSPS) is 18.0. The first kappa shape index (κ1) is 38.5. The highest BCUT2D eigenvalue weighted by Gasteiger charge is 2.49. The first-order valence-electron chi connectivity index (χ1n) is 23.5. The molecule has 0 saturated carbocycles. The Morgan fingerprint density at radius 2 is 0.797 bits per heavy atom. The van der Waals surface area contributed by atoms with Gasteiger partial charge in [-0.15, -0.1) is 11.3 Å². The number of fused-ring (bicyclic) bond motifs is 13. The molecule has 0 amide bonds. The van der Waals surface area contributed by atoms with Crippen molar-refractivity contribution in [3.8, 4) is 56.5 Å². The monoisotopic (exact) mass is 905 g/mol. The van der Waals surface area contributed by atoms with Gasteiger partial charge in [-0.1, -0.05) is 140 Å². The van der Waals surface area contributed by atoms with Crippen molar-refractivity contribution in [1.29, 1.82) is 0 Å². The van der Waals surface area contributed by atoms with Crippen molar-refractivity contribution in [2.75, 3.05) is 9.80 Å². The summed E-state index contributed by atoms with van der Waals surface area (Å²) in [5.41, 5.74) is 14.6. The molecule has 0 saturated heterocycles. The minimum Gasteiger partial charge on any atom is -0.483 e. The van der Waals surface area contributed by atoms with E-state index in [1.165, 1.54) is 53.8 Å². The van der Waals surface area contributed by atoms with E-state index in [0.717, 1.165) is 50.6 Å². The Labute approximate surface area is 402 Å². The molecule has 4 atom stereocenters. The van der Waals surface area contributed by atoms with Crippen molar-refractivity contribution >= 4 is 54.5 Å². The fourth-order valence-electron chi connectivity index (χ4n) is 11.2. The fourth-order valence-corrected chi connectivity index (χ4v) is 12.3. The van der Waals surface area contributed by atoms with Gasteiger partial charge in [0.1, 0.15) is 23.6 Å². The maximum atomic E-state index is 6.87. The quantitative estimate of drug-likeness (QED) is 0.165. The molecule has 7 nitrogen and oxygen atoms in total. The van der Waals surface area contributed by atoms with Crippen LogP contribution in [-0.2, 0) is 0 Å². The lowest BCUT2D eigenvalue weighted by Gasteiger charge is -2.26. The van der Waals surface area contributed by atoms with E-state index >= 15 is 0 Å². The van der Waals surface area contributed by atoms with Crippen LogP contribution in [-0.4, -0.2) is 15.0 Å². The third-order valence-electron chi connectivity index (χ3n) is 14.4. The van der Waals surface area contributed by atoms with Gasteiger partial charge in [-0.3, -0.25) is 4.90 Å². The van der Waals surface area contributed by atoms with Crippen molar-refractivity contribution in [3.05, 3.63) is 235 Å². The van der Waals surface area contributed by atoms with Gasteiger partial charge >= 0.3 is 0 Å². The molecule has 2 aromatic heterocycles. The Morgan fingerprint density at radius 3 is 1.33 bits per heavy atom. The first-order chi connectivity index (χ1) is 34.2. The molecule has 4 aliphatic rings. The molecule has 0 bridgehead atoms. The molecule has 15 rings (SSSR count). The summed E-state index contributed by atoms with van der Waals surface area (Å²) in [5.74, 6) is 3.69. The van der Waals surface area contributed by atoms with Crippen LogP contribution in [0.3, 0.4) is 0 Å². The molecule has 0 fully saturated rings. The Hall–Kier alpha value is -8.59. The number of thiophene rings is 1. The highest BCUT2D eigenvalue weighted by molar-refractivity contribution is 7.25. The summed E-state index contributed by atoms with van der Waals surface area (Å²) in [6.07, 6.45) is -0.353. The van der Waals surface area contributed by atoms with Gasteiger partial charge in [0.2, 0.25) is 5.95 Å². The number of ether oxygens (including phenoxy) is 2. The van der Waals surface area contributed by atoms with Gasteiger partial charge in [-0.05, 0) is 95.1 Å².